The lowest BCUT2D eigenvalue weighted by molar-refractivity contribution is -0.00443. The molecule has 2 N–H and O–H groups in total. The fourth-order valence-electron chi connectivity index (χ4n) is 2.52. The van der Waals surface area contributed by atoms with Crippen LogP contribution in [0.3, 0.4) is 0 Å². The summed E-state index contributed by atoms with van der Waals surface area (Å²) in [6, 6.07) is 0. The molecule has 0 heterocycles. The zero-order chi connectivity index (χ0) is 14.5. The molecule has 1 aliphatic rings. The average Bonchev–Trinajstić information content (AvgIpc) is 2.37. The van der Waals surface area contributed by atoms with Gasteiger partial charge in [0.1, 0.15) is 0 Å². The van der Waals surface area contributed by atoms with Crippen molar-refractivity contribution >= 4 is 21.6 Å². The van der Waals surface area contributed by atoms with Crippen LogP contribution in [0.25, 0.3) is 0 Å². The minimum atomic E-state index is -3.34. The summed E-state index contributed by atoms with van der Waals surface area (Å²) in [6.07, 6.45) is 4.45. The third-order valence-electron chi connectivity index (χ3n) is 4.00. The van der Waals surface area contributed by atoms with Crippen molar-refractivity contribution in [2.75, 3.05) is 18.2 Å². The quantitative estimate of drug-likeness (QED) is 0.708. The maximum absolute atomic E-state index is 11.8. The maximum atomic E-state index is 11.8. The first kappa shape index (κ1) is 17.2. The van der Waals surface area contributed by atoms with Crippen LogP contribution in [0.4, 0.5) is 0 Å². The Hall–Kier alpha value is 0.160. The Morgan fingerprint density at radius 1 is 1.42 bits per heavy atom. The van der Waals surface area contributed by atoms with Crippen molar-refractivity contribution in [3.05, 3.63) is 0 Å². The molecule has 0 radical (unpaired) electrons. The van der Waals surface area contributed by atoms with E-state index in [9.17, 15) is 13.5 Å². The lowest BCUT2D eigenvalue weighted by Crippen LogP contribution is -2.46. The summed E-state index contributed by atoms with van der Waals surface area (Å²) >= 11 is 5.62. The van der Waals surface area contributed by atoms with Gasteiger partial charge in [-0.05, 0) is 37.5 Å². The SMILES string of the molecule is CCC1CCC(O)(CNS(=O)(=O)CC(C)CCl)CC1. The number of hydrogen-bond acceptors (Lipinski definition) is 3. The highest BCUT2D eigenvalue weighted by Crippen LogP contribution is 2.33. The number of nitrogens with one attached hydrogen (secondary N) is 1. The Bertz CT molecular complexity index is 364. The third kappa shape index (κ3) is 5.98. The van der Waals surface area contributed by atoms with E-state index in [1.165, 1.54) is 0 Å². The molecule has 1 unspecified atom stereocenters. The second-order valence-electron chi connectivity index (χ2n) is 5.94. The minimum Gasteiger partial charge on any atom is -0.389 e. The van der Waals surface area contributed by atoms with Crippen LogP contribution in [-0.2, 0) is 10.0 Å². The van der Waals surface area contributed by atoms with Crippen LogP contribution in [0.2, 0.25) is 0 Å². The highest BCUT2D eigenvalue weighted by atomic mass is 35.5. The van der Waals surface area contributed by atoms with Gasteiger partial charge in [0.2, 0.25) is 10.0 Å². The second-order valence-corrected chi connectivity index (χ2v) is 8.10. The van der Waals surface area contributed by atoms with E-state index < -0.39 is 15.6 Å². The van der Waals surface area contributed by atoms with E-state index in [1.807, 2.05) is 0 Å². The predicted molar refractivity (Wildman–Crippen MR) is 78.9 cm³/mol. The second kappa shape index (κ2) is 7.25. The maximum Gasteiger partial charge on any atom is 0.211 e. The molecule has 1 aliphatic carbocycles. The molecule has 0 aromatic heterocycles. The van der Waals surface area contributed by atoms with Gasteiger partial charge in [0.05, 0.1) is 11.4 Å². The van der Waals surface area contributed by atoms with Crippen LogP contribution in [0.15, 0.2) is 0 Å². The van der Waals surface area contributed by atoms with Crippen molar-refractivity contribution in [1.29, 1.82) is 0 Å². The summed E-state index contributed by atoms with van der Waals surface area (Å²) in [7, 11) is -3.34. The summed E-state index contributed by atoms with van der Waals surface area (Å²) in [5, 5.41) is 10.4. The summed E-state index contributed by atoms with van der Waals surface area (Å²) in [6.45, 7) is 4.08. The summed E-state index contributed by atoms with van der Waals surface area (Å²) in [5.74, 6) is 0.936. The molecule has 0 aromatic carbocycles. The molecule has 0 saturated heterocycles. The van der Waals surface area contributed by atoms with E-state index in [4.69, 9.17) is 11.6 Å². The van der Waals surface area contributed by atoms with E-state index in [-0.39, 0.29) is 18.2 Å². The van der Waals surface area contributed by atoms with E-state index in [0.717, 1.165) is 19.3 Å². The number of alkyl halides is 1. The van der Waals surface area contributed by atoms with Crippen LogP contribution in [0.1, 0.15) is 46.0 Å². The first-order valence-corrected chi connectivity index (χ1v) is 9.24. The standard InChI is InChI=1S/C13H26ClNO3S/c1-3-12-4-6-13(16,7-5-12)10-15-19(17,18)9-11(2)8-14/h11-12,15-16H,3-10H2,1-2H3. The molecular weight excluding hydrogens is 286 g/mol. The smallest absolute Gasteiger partial charge is 0.211 e. The summed E-state index contributed by atoms with van der Waals surface area (Å²) in [5.41, 5.74) is -0.872. The van der Waals surface area contributed by atoms with Gasteiger partial charge in [-0.2, -0.15) is 0 Å². The molecule has 0 bridgehead atoms. The Morgan fingerprint density at radius 3 is 2.47 bits per heavy atom. The molecule has 0 aliphatic heterocycles. The van der Waals surface area contributed by atoms with Gasteiger partial charge in [-0.3, -0.25) is 0 Å². The number of sulfonamides is 1. The zero-order valence-corrected chi connectivity index (χ0v) is 13.4. The lowest BCUT2D eigenvalue weighted by atomic mass is 9.78. The van der Waals surface area contributed by atoms with Crippen molar-refractivity contribution in [1.82, 2.24) is 4.72 Å². The number of aliphatic hydroxyl groups is 1. The first-order valence-electron chi connectivity index (χ1n) is 7.06. The first-order chi connectivity index (χ1) is 8.80. The highest BCUT2D eigenvalue weighted by Gasteiger charge is 2.33. The molecule has 114 valence electrons. The summed E-state index contributed by atoms with van der Waals surface area (Å²) in [4.78, 5) is 0. The average molecular weight is 312 g/mol. The van der Waals surface area contributed by atoms with Crippen LogP contribution in [-0.4, -0.2) is 37.3 Å². The van der Waals surface area contributed by atoms with E-state index in [2.05, 4.69) is 11.6 Å². The molecule has 1 fully saturated rings. The van der Waals surface area contributed by atoms with Gasteiger partial charge in [-0.1, -0.05) is 20.3 Å². The van der Waals surface area contributed by atoms with Crippen LogP contribution < -0.4 is 4.72 Å². The van der Waals surface area contributed by atoms with E-state index in [0.29, 0.717) is 24.6 Å². The molecule has 1 atom stereocenters. The molecule has 4 nitrogen and oxygen atoms in total. The molecule has 1 rings (SSSR count). The Morgan fingerprint density at radius 2 is 2.00 bits per heavy atom. The van der Waals surface area contributed by atoms with Crippen molar-refractivity contribution in [3.8, 4) is 0 Å². The number of halogens is 1. The van der Waals surface area contributed by atoms with Crippen molar-refractivity contribution in [2.45, 2.75) is 51.6 Å². The Kier molecular flexibility index (Phi) is 6.57. The molecule has 19 heavy (non-hydrogen) atoms. The predicted octanol–water partition coefficient (Wildman–Crippen LogP) is 2.11. The fourth-order valence-corrected chi connectivity index (χ4v) is 4.23. The van der Waals surface area contributed by atoms with Gasteiger partial charge < -0.3 is 5.11 Å². The van der Waals surface area contributed by atoms with Crippen LogP contribution >= 0.6 is 11.6 Å². The van der Waals surface area contributed by atoms with Gasteiger partial charge in [0.15, 0.2) is 0 Å². The largest absolute Gasteiger partial charge is 0.389 e. The Labute approximate surface area is 122 Å². The van der Waals surface area contributed by atoms with Gasteiger partial charge in [-0.25, -0.2) is 13.1 Å². The van der Waals surface area contributed by atoms with Crippen molar-refractivity contribution in [3.63, 3.8) is 0 Å². The van der Waals surface area contributed by atoms with Gasteiger partial charge in [0, 0.05) is 12.4 Å². The topological polar surface area (TPSA) is 66.4 Å². The van der Waals surface area contributed by atoms with E-state index in [1.54, 1.807) is 6.92 Å². The monoisotopic (exact) mass is 311 g/mol. The van der Waals surface area contributed by atoms with E-state index >= 15 is 0 Å². The van der Waals surface area contributed by atoms with Crippen LogP contribution in [0.5, 0.6) is 0 Å². The molecule has 0 amide bonds. The molecule has 0 aromatic rings. The van der Waals surface area contributed by atoms with Crippen LogP contribution in [0, 0.1) is 11.8 Å². The highest BCUT2D eigenvalue weighted by molar-refractivity contribution is 7.89. The van der Waals surface area contributed by atoms with Crippen molar-refractivity contribution in [2.24, 2.45) is 11.8 Å². The lowest BCUT2D eigenvalue weighted by Gasteiger charge is -2.35. The minimum absolute atomic E-state index is 0.0180. The number of hydrogen-bond donors (Lipinski definition) is 2. The normalized spacial score (nSPS) is 30.2. The summed E-state index contributed by atoms with van der Waals surface area (Å²) < 4.78 is 26.2. The van der Waals surface area contributed by atoms with Gasteiger partial charge >= 0.3 is 0 Å². The zero-order valence-electron chi connectivity index (χ0n) is 11.9. The van der Waals surface area contributed by atoms with Gasteiger partial charge in [0.25, 0.3) is 0 Å². The fraction of sp³-hybridized carbons (Fsp3) is 1.00. The molecule has 6 heteroatoms. The van der Waals surface area contributed by atoms with Crippen molar-refractivity contribution < 1.29 is 13.5 Å². The Balaban J connectivity index is 2.43. The van der Waals surface area contributed by atoms with Gasteiger partial charge in [-0.15, -0.1) is 11.6 Å². The molecular formula is C13H26ClNO3S. The third-order valence-corrected chi connectivity index (χ3v) is 6.12. The molecule has 1 saturated carbocycles. The number of rotatable bonds is 7. The molecule has 0 spiro atoms.